The summed E-state index contributed by atoms with van der Waals surface area (Å²) in [6.45, 7) is 3.06. The molecular formula is C15H19NO4S. The summed E-state index contributed by atoms with van der Waals surface area (Å²) in [6.07, 6.45) is 0.322. The summed E-state index contributed by atoms with van der Waals surface area (Å²) in [7, 11) is -3.47. The normalized spacial score (nSPS) is 19.8. The van der Waals surface area contributed by atoms with E-state index in [1.54, 1.807) is 24.3 Å². The van der Waals surface area contributed by atoms with Crippen LogP contribution < -0.4 is 0 Å². The maximum atomic E-state index is 12.5. The molecule has 1 unspecified atom stereocenters. The van der Waals surface area contributed by atoms with E-state index >= 15 is 0 Å². The Bertz CT molecular complexity index is 628. The summed E-state index contributed by atoms with van der Waals surface area (Å²) in [6, 6.07) is 6.50. The molecule has 1 fully saturated rings. The zero-order valence-electron chi connectivity index (χ0n) is 11.9. The van der Waals surface area contributed by atoms with E-state index in [1.807, 2.05) is 6.92 Å². The average molecular weight is 309 g/mol. The van der Waals surface area contributed by atoms with Gasteiger partial charge in [0.15, 0.2) is 0 Å². The van der Waals surface area contributed by atoms with Crippen LogP contribution in [0.5, 0.6) is 0 Å². The fourth-order valence-corrected chi connectivity index (χ4v) is 3.58. The Morgan fingerprint density at radius 1 is 1.38 bits per heavy atom. The van der Waals surface area contributed by atoms with Gasteiger partial charge in [0.1, 0.15) is 0 Å². The second-order valence-electron chi connectivity index (χ2n) is 4.84. The smallest absolute Gasteiger partial charge is 0.243 e. The highest BCUT2D eigenvalue weighted by atomic mass is 32.2. The molecule has 0 saturated carbocycles. The predicted octanol–water partition coefficient (Wildman–Crippen LogP) is 0.830. The first-order chi connectivity index (χ1) is 10.0. The van der Waals surface area contributed by atoms with E-state index in [4.69, 9.17) is 9.84 Å². The number of benzene rings is 1. The van der Waals surface area contributed by atoms with Crippen molar-refractivity contribution >= 4 is 10.0 Å². The van der Waals surface area contributed by atoms with Crippen molar-refractivity contribution in [1.82, 2.24) is 4.31 Å². The number of hydrogen-bond donors (Lipinski definition) is 1. The number of hydrogen-bond acceptors (Lipinski definition) is 4. The van der Waals surface area contributed by atoms with Gasteiger partial charge in [0, 0.05) is 25.1 Å². The van der Waals surface area contributed by atoms with Crippen molar-refractivity contribution in [2.24, 2.45) is 0 Å². The van der Waals surface area contributed by atoms with E-state index in [0.29, 0.717) is 26.1 Å². The van der Waals surface area contributed by atoms with Crippen LogP contribution in [0.2, 0.25) is 0 Å². The summed E-state index contributed by atoms with van der Waals surface area (Å²) < 4.78 is 31.8. The molecule has 0 amide bonds. The minimum Gasteiger partial charge on any atom is -0.395 e. The molecule has 1 aliphatic heterocycles. The molecule has 0 aromatic heterocycles. The third-order valence-corrected chi connectivity index (χ3v) is 5.04. The lowest BCUT2D eigenvalue weighted by molar-refractivity contribution is 0.0102. The summed E-state index contributed by atoms with van der Waals surface area (Å²) >= 11 is 0. The van der Waals surface area contributed by atoms with Crippen LogP contribution in [0.4, 0.5) is 0 Å². The van der Waals surface area contributed by atoms with Crippen molar-refractivity contribution in [3.8, 4) is 11.8 Å². The highest BCUT2D eigenvalue weighted by molar-refractivity contribution is 7.89. The predicted molar refractivity (Wildman–Crippen MR) is 79.2 cm³/mol. The van der Waals surface area contributed by atoms with Crippen LogP contribution in [-0.4, -0.2) is 50.2 Å². The lowest BCUT2D eigenvalue weighted by atomic mass is 10.2. The molecule has 1 atom stereocenters. The van der Waals surface area contributed by atoms with Crippen LogP contribution in [0.3, 0.4) is 0 Å². The van der Waals surface area contributed by atoms with Gasteiger partial charge in [-0.05, 0) is 31.2 Å². The van der Waals surface area contributed by atoms with Crippen LogP contribution >= 0.6 is 0 Å². The van der Waals surface area contributed by atoms with Gasteiger partial charge < -0.3 is 9.84 Å². The number of nitrogens with zero attached hydrogens (tertiary/aromatic N) is 1. The van der Waals surface area contributed by atoms with Crippen LogP contribution in [-0.2, 0) is 14.8 Å². The Hall–Kier alpha value is -1.39. The van der Waals surface area contributed by atoms with Crippen molar-refractivity contribution in [3.05, 3.63) is 29.8 Å². The molecule has 1 N–H and O–H groups in total. The van der Waals surface area contributed by atoms with Crippen molar-refractivity contribution in [1.29, 1.82) is 0 Å². The van der Waals surface area contributed by atoms with Crippen molar-refractivity contribution in [2.45, 2.75) is 24.3 Å². The molecule has 0 aliphatic carbocycles. The second-order valence-corrected chi connectivity index (χ2v) is 6.78. The fraction of sp³-hybridized carbons (Fsp3) is 0.467. The lowest BCUT2D eigenvalue weighted by Gasteiger charge is -2.30. The number of ether oxygens (including phenoxy) is 1. The Morgan fingerprint density at radius 3 is 2.71 bits per heavy atom. The molecule has 1 heterocycles. The third kappa shape index (κ3) is 4.05. The summed E-state index contributed by atoms with van der Waals surface area (Å²) in [5.41, 5.74) is 0.734. The first-order valence-corrected chi connectivity index (χ1v) is 8.29. The molecular weight excluding hydrogens is 290 g/mol. The van der Waals surface area contributed by atoms with Gasteiger partial charge in [-0.15, -0.1) is 0 Å². The standard InChI is InChI=1S/C15H19NO4S/c1-13-12-16(9-11-20-13)21(18,19)15-7-5-14(6-8-15)4-2-3-10-17/h5-8,13,17H,3,9-12H2,1H3. The quantitative estimate of drug-likeness (QED) is 0.840. The highest BCUT2D eigenvalue weighted by Gasteiger charge is 2.28. The molecule has 1 aromatic carbocycles. The first kappa shape index (κ1) is 16.0. The molecule has 21 heavy (non-hydrogen) atoms. The van der Waals surface area contributed by atoms with Crippen LogP contribution in [0.25, 0.3) is 0 Å². The molecule has 1 saturated heterocycles. The van der Waals surface area contributed by atoms with Crippen LogP contribution in [0.15, 0.2) is 29.2 Å². The van der Waals surface area contributed by atoms with Crippen LogP contribution in [0.1, 0.15) is 18.9 Å². The molecule has 0 bridgehead atoms. The van der Waals surface area contributed by atoms with Gasteiger partial charge in [-0.2, -0.15) is 4.31 Å². The second kappa shape index (κ2) is 7.05. The highest BCUT2D eigenvalue weighted by Crippen LogP contribution is 2.19. The minimum atomic E-state index is -3.47. The SMILES string of the molecule is CC1CN(S(=O)(=O)c2ccc(C#CCCO)cc2)CCO1. The van der Waals surface area contributed by atoms with Gasteiger partial charge in [-0.1, -0.05) is 11.8 Å². The zero-order chi connectivity index (χ0) is 15.3. The van der Waals surface area contributed by atoms with Gasteiger partial charge >= 0.3 is 0 Å². The van der Waals surface area contributed by atoms with Gasteiger partial charge in [0.25, 0.3) is 0 Å². The van der Waals surface area contributed by atoms with E-state index in [1.165, 1.54) is 4.31 Å². The molecule has 1 aliphatic rings. The number of rotatable bonds is 3. The topological polar surface area (TPSA) is 66.8 Å². The molecule has 1 aromatic rings. The molecule has 5 nitrogen and oxygen atoms in total. The third-order valence-electron chi connectivity index (χ3n) is 3.17. The van der Waals surface area contributed by atoms with E-state index in [2.05, 4.69) is 11.8 Å². The van der Waals surface area contributed by atoms with Crippen molar-refractivity contribution in [2.75, 3.05) is 26.3 Å². The molecule has 0 spiro atoms. The number of sulfonamides is 1. The average Bonchev–Trinajstić information content (AvgIpc) is 2.48. The minimum absolute atomic E-state index is 0.0225. The molecule has 114 valence electrons. The monoisotopic (exact) mass is 309 g/mol. The maximum Gasteiger partial charge on any atom is 0.243 e. The van der Waals surface area contributed by atoms with E-state index in [9.17, 15) is 8.42 Å². The Labute approximate surface area is 125 Å². The molecule has 0 radical (unpaired) electrons. The van der Waals surface area contributed by atoms with Gasteiger partial charge in [-0.3, -0.25) is 0 Å². The van der Waals surface area contributed by atoms with Gasteiger partial charge in [0.05, 0.1) is 24.2 Å². The van der Waals surface area contributed by atoms with E-state index < -0.39 is 10.0 Å². The first-order valence-electron chi connectivity index (χ1n) is 6.85. The van der Waals surface area contributed by atoms with Crippen molar-refractivity contribution in [3.63, 3.8) is 0 Å². The molecule has 6 heteroatoms. The Balaban J connectivity index is 2.15. The lowest BCUT2D eigenvalue weighted by Crippen LogP contribution is -2.44. The largest absolute Gasteiger partial charge is 0.395 e. The maximum absolute atomic E-state index is 12.5. The Morgan fingerprint density at radius 2 is 2.10 bits per heavy atom. The summed E-state index contributed by atoms with van der Waals surface area (Å²) in [4.78, 5) is 0.268. The van der Waals surface area contributed by atoms with E-state index in [-0.39, 0.29) is 17.6 Å². The van der Waals surface area contributed by atoms with E-state index in [0.717, 1.165) is 5.56 Å². The number of aliphatic hydroxyl groups excluding tert-OH is 1. The fourth-order valence-electron chi connectivity index (χ4n) is 2.08. The number of aliphatic hydroxyl groups is 1. The molecule has 2 rings (SSSR count). The number of morpholine rings is 1. The Kier molecular flexibility index (Phi) is 5.37. The van der Waals surface area contributed by atoms with Crippen LogP contribution in [0, 0.1) is 11.8 Å². The summed E-state index contributed by atoms with van der Waals surface area (Å²) in [5, 5.41) is 8.66. The summed E-state index contributed by atoms with van der Waals surface area (Å²) in [5.74, 6) is 5.67. The zero-order valence-corrected chi connectivity index (χ0v) is 12.8. The van der Waals surface area contributed by atoms with Gasteiger partial charge in [0.2, 0.25) is 10.0 Å². The van der Waals surface area contributed by atoms with Gasteiger partial charge in [-0.25, -0.2) is 8.42 Å². The van der Waals surface area contributed by atoms with Crippen molar-refractivity contribution < 1.29 is 18.3 Å².